The van der Waals surface area contributed by atoms with Crippen molar-refractivity contribution < 1.29 is 5.11 Å². The van der Waals surface area contributed by atoms with Crippen LogP contribution in [-0.4, -0.2) is 20.5 Å². The minimum absolute atomic E-state index is 0.0313. The van der Waals surface area contributed by atoms with Crippen LogP contribution in [0.4, 0.5) is 0 Å². The Balaban J connectivity index is 2.84. The van der Waals surface area contributed by atoms with Gasteiger partial charge >= 0.3 is 0 Å². The van der Waals surface area contributed by atoms with Gasteiger partial charge in [-0.3, -0.25) is 0 Å². The molecule has 0 fully saturated rings. The molecule has 0 aromatic heterocycles. The molecule has 1 radical (unpaired) electrons. The minimum Gasteiger partial charge on any atom is -0.396 e. The normalized spacial score (nSPS) is 11.1. The molecule has 79 valence electrons. The van der Waals surface area contributed by atoms with Crippen LogP contribution in [0.2, 0.25) is 19.1 Å². The maximum absolute atomic E-state index is 8.57. The maximum atomic E-state index is 8.57. The van der Waals surface area contributed by atoms with Gasteiger partial charge in [0.25, 0.3) is 0 Å². The van der Waals surface area contributed by atoms with Gasteiger partial charge in [-0.05, 0) is 6.42 Å². The Bertz CT molecular complexity index is 94.1. The Morgan fingerprint density at radius 3 is 1.69 bits per heavy atom. The zero-order valence-electron chi connectivity index (χ0n) is 9.31. The first-order chi connectivity index (χ1) is 6.27. The van der Waals surface area contributed by atoms with E-state index in [1.807, 2.05) is 0 Å². The molecule has 13 heavy (non-hydrogen) atoms. The van der Waals surface area contributed by atoms with Crippen molar-refractivity contribution in [1.82, 2.24) is 0 Å². The standard InChI is InChI=1S/C11H25OSi/c1-13(2)11-9-7-5-3-4-6-8-10-12/h12H,3-11H2,1-2H3. The molecule has 0 unspecified atom stereocenters. The highest BCUT2D eigenvalue weighted by Gasteiger charge is 1.95. The van der Waals surface area contributed by atoms with Crippen LogP contribution < -0.4 is 0 Å². The molecule has 0 rings (SSSR count). The molecule has 0 aliphatic heterocycles. The highest BCUT2D eigenvalue weighted by Crippen LogP contribution is 2.09. The van der Waals surface area contributed by atoms with Gasteiger partial charge in [-0.1, -0.05) is 57.7 Å². The van der Waals surface area contributed by atoms with E-state index < -0.39 is 0 Å². The van der Waals surface area contributed by atoms with Crippen LogP contribution in [0.1, 0.15) is 44.9 Å². The van der Waals surface area contributed by atoms with Crippen LogP contribution in [0.5, 0.6) is 0 Å². The van der Waals surface area contributed by atoms with Crippen molar-refractivity contribution >= 4 is 8.80 Å². The van der Waals surface area contributed by atoms with Crippen LogP contribution >= 0.6 is 0 Å². The van der Waals surface area contributed by atoms with Gasteiger partial charge < -0.3 is 5.11 Å². The molecule has 0 aliphatic carbocycles. The number of unbranched alkanes of at least 4 members (excludes halogenated alkanes) is 6. The van der Waals surface area contributed by atoms with E-state index in [1.165, 1.54) is 44.6 Å². The average molecular weight is 201 g/mol. The van der Waals surface area contributed by atoms with E-state index in [0.29, 0.717) is 6.61 Å². The zero-order chi connectivity index (χ0) is 9.94. The summed E-state index contributed by atoms with van der Waals surface area (Å²) in [6.45, 7) is 5.16. The van der Waals surface area contributed by atoms with Crippen molar-refractivity contribution in [2.75, 3.05) is 6.61 Å². The third-order valence-electron chi connectivity index (χ3n) is 2.33. The molecule has 1 N–H and O–H groups in total. The molecule has 0 aromatic carbocycles. The summed E-state index contributed by atoms with van der Waals surface area (Å²) in [7, 11) is 0.0313. The summed E-state index contributed by atoms with van der Waals surface area (Å²) in [6.07, 6.45) is 9.17. The SMILES string of the molecule is C[Si](C)CCCCCCCCCO. The summed E-state index contributed by atoms with van der Waals surface area (Å²) in [5.41, 5.74) is 0. The maximum Gasteiger partial charge on any atom is 0.0431 e. The smallest absolute Gasteiger partial charge is 0.0431 e. The molecule has 0 saturated carbocycles. The van der Waals surface area contributed by atoms with Crippen molar-refractivity contribution in [2.45, 2.75) is 64.1 Å². The number of rotatable bonds is 9. The van der Waals surface area contributed by atoms with Crippen molar-refractivity contribution in [3.63, 3.8) is 0 Å². The van der Waals surface area contributed by atoms with Crippen LogP contribution in [0.15, 0.2) is 0 Å². The van der Waals surface area contributed by atoms with E-state index in [-0.39, 0.29) is 8.80 Å². The zero-order valence-corrected chi connectivity index (χ0v) is 10.3. The predicted molar refractivity (Wildman–Crippen MR) is 61.7 cm³/mol. The lowest BCUT2D eigenvalue weighted by Crippen LogP contribution is -1.97. The minimum atomic E-state index is 0.0313. The highest BCUT2D eigenvalue weighted by molar-refractivity contribution is 6.55. The van der Waals surface area contributed by atoms with Gasteiger partial charge in [0.1, 0.15) is 0 Å². The molecule has 0 aromatic rings. The highest BCUT2D eigenvalue weighted by atomic mass is 28.3. The molecule has 0 amide bonds. The Hall–Kier alpha value is 0.177. The van der Waals surface area contributed by atoms with Crippen molar-refractivity contribution in [2.24, 2.45) is 0 Å². The molecule has 0 saturated heterocycles. The fourth-order valence-electron chi connectivity index (χ4n) is 1.47. The third-order valence-corrected chi connectivity index (χ3v) is 3.69. The van der Waals surface area contributed by atoms with Gasteiger partial charge in [-0.2, -0.15) is 0 Å². The Morgan fingerprint density at radius 1 is 0.769 bits per heavy atom. The first-order valence-electron chi connectivity index (χ1n) is 5.67. The lowest BCUT2D eigenvalue weighted by Gasteiger charge is -2.02. The van der Waals surface area contributed by atoms with E-state index in [9.17, 15) is 0 Å². The molecule has 0 heterocycles. The van der Waals surface area contributed by atoms with E-state index in [0.717, 1.165) is 6.42 Å². The predicted octanol–water partition coefficient (Wildman–Crippen LogP) is 3.46. The Labute approximate surface area is 85.2 Å². The first kappa shape index (κ1) is 13.2. The van der Waals surface area contributed by atoms with Gasteiger partial charge in [0.15, 0.2) is 0 Å². The summed E-state index contributed by atoms with van der Waals surface area (Å²) >= 11 is 0. The van der Waals surface area contributed by atoms with E-state index in [4.69, 9.17) is 5.11 Å². The Morgan fingerprint density at radius 2 is 1.23 bits per heavy atom. The largest absolute Gasteiger partial charge is 0.396 e. The summed E-state index contributed by atoms with van der Waals surface area (Å²) in [5.74, 6) is 0. The number of aliphatic hydroxyl groups excluding tert-OH is 1. The van der Waals surface area contributed by atoms with Crippen LogP contribution in [-0.2, 0) is 0 Å². The van der Waals surface area contributed by atoms with Crippen LogP contribution in [0.3, 0.4) is 0 Å². The van der Waals surface area contributed by atoms with Gasteiger partial charge in [-0.15, -0.1) is 0 Å². The summed E-state index contributed by atoms with van der Waals surface area (Å²) in [4.78, 5) is 0. The first-order valence-corrected chi connectivity index (χ1v) is 8.38. The summed E-state index contributed by atoms with van der Waals surface area (Å²) in [6, 6.07) is 1.49. The number of aliphatic hydroxyl groups is 1. The lowest BCUT2D eigenvalue weighted by molar-refractivity contribution is 0.282. The second-order valence-corrected chi connectivity index (χ2v) is 7.07. The van der Waals surface area contributed by atoms with E-state index in [2.05, 4.69) is 13.1 Å². The monoisotopic (exact) mass is 201 g/mol. The molecular formula is C11H25OSi. The average Bonchev–Trinajstić information content (AvgIpc) is 2.09. The van der Waals surface area contributed by atoms with Gasteiger partial charge in [-0.25, -0.2) is 0 Å². The molecule has 0 aliphatic rings. The fraction of sp³-hybridized carbons (Fsp3) is 1.00. The second kappa shape index (κ2) is 10.3. The number of hydrogen-bond donors (Lipinski definition) is 1. The fourth-order valence-corrected chi connectivity index (χ4v) is 2.43. The quantitative estimate of drug-likeness (QED) is 0.447. The van der Waals surface area contributed by atoms with E-state index >= 15 is 0 Å². The molecule has 0 atom stereocenters. The summed E-state index contributed by atoms with van der Waals surface area (Å²) < 4.78 is 0. The number of hydrogen-bond acceptors (Lipinski definition) is 1. The molecule has 0 bridgehead atoms. The van der Waals surface area contributed by atoms with Crippen molar-refractivity contribution in [3.8, 4) is 0 Å². The van der Waals surface area contributed by atoms with Crippen LogP contribution in [0, 0.1) is 0 Å². The third kappa shape index (κ3) is 12.2. The molecular weight excluding hydrogens is 176 g/mol. The van der Waals surface area contributed by atoms with Gasteiger partial charge in [0, 0.05) is 15.4 Å². The topological polar surface area (TPSA) is 20.2 Å². The van der Waals surface area contributed by atoms with E-state index in [1.54, 1.807) is 0 Å². The van der Waals surface area contributed by atoms with Crippen molar-refractivity contribution in [3.05, 3.63) is 0 Å². The molecule has 1 nitrogen and oxygen atoms in total. The second-order valence-electron chi connectivity index (χ2n) is 4.16. The van der Waals surface area contributed by atoms with Gasteiger partial charge in [0.2, 0.25) is 0 Å². The van der Waals surface area contributed by atoms with Crippen molar-refractivity contribution in [1.29, 1.82) is 0 Å². The molecule has 2 heteroatoms. The lowest BCUT2D eigenvalue weighted by atomic mass is 10.1. The van der Waals surface area contributed by atoms with Crippen LogP contribution in [0.25, 0.3) is 0 Å². The summed E-state index contributed by atoms with van der Waals surface area (Å²) in [5, 5.41) is 8.57. The molecule has 0 spiro atoms. The Kier molecular flexibility index (Phi) is 10.4. The van der Waals surface area contributed by atoms with Gasteiger partial charge in [0.05, 0.1) is 0 Å².